The molecule has 2 heterocycles. The van der Waals surface area contributed by atoms with E-state index in [2.05, 4.69) is 240 Å². The summed E-state index contributed by atoms with van der Waals surface area (Å²) in [5.74, 6) is 0. The summed E-state index contributed by atoms with van der Waals surface area (Å²) >= 11 is 0. The van der Waals surface area contributed by atoms with E-state index in [4.69, 9.17) is 4.42 Å². The van der Waals surface area contributed by atoms with Gasteiger partial charge < -0.3 is 13.9 Å². The number of nitrogens with zero attached hydrogens (tertiary/aromatic N) is 2. The molecule has 3 nitrogen and oxygen atoms in total. The Morgan fingerprint density at radius 2 is 0.934 bits per heavy atom. The van der Waals surface area contributed by atoms with Gasteiger partial charge in [0.2, 0.25) is 0 Å². The third-order valence-electron chi connectivity index (χ3n) is 12.2. The fourth-order valence-corrected chi connectivity index (χ4v) is 9.46. The van der Waals surface area contributed by atoms with Crippen molar-refractivity contribution in [2.24, 2.45) is 0 Å². The van der Waals surface area contributed by atoms with Crippen molar-refractivity contribution < 1.29 is 4.42 Å². The molecule has 12 aromatic rings. The quantitative estimate of drug-likeness (QED) is 0.161. The van der Waals surface area contributed by atoms with Crippen LogP contribution >= 0.6 is 0 Å². The Bertz CT molecular complexity index is 3570. The predicted molar refractivity (Wildman–Crippen MR) is 257 cm³/mol. The molecule has 10 aromatic carbocycles. The maximum atomic E-state index is 6.89. The highest BCUT2D eigenvalue weighted by Gasteiger charge is 2.23. The van der Waals surface area contributed by atoms with Crippen molar-refractivity contribution in [3.8, 4) is 39.1 Å². The number of aromatic nitrogens is 1. The van der Waals surface area contributed by atoms with Crippen molar-refractivity contribution in [2.75, 3.05) is 4.90 Å². The van der Waals surface area contributed by atoms with Gasteiger partial charge in [-0.15, -0.1) is 0 Å². The lowest BCUT2D eigenvalue weighted by molar-refractivity contribution is 0.669. The van der Waals surface area contributed by atoms with Gasteiger partial charge in [-0.1, -0.05) is 170 Å². The van der Waals surface area contributed by atoms with Crippen LogP contribution in [0.5, 0.6) is 0 Å². The minimum Gasteiger partial charge on any atom is -0.456 e. The first-order valence-corrected chi connectivity index (χ1v) is 20.8. The van der Waals surface area contributed by atoms with E-state index in [0.29, 0.717) is 0 Å². The standard InChI is InChI=1S/C58H38N2O/c1-4-17-39(18-5-1)40-31-33-43(34-32-40)59(53-29-14-12-23-45(53)41-19-6-2-7-20-41)44-35-36-55-52(37-44)57-48-26-11-10-24-46(48)51(38-56(57)61-55)50-28-16-27-49-47-25-13-15-30-54(47)60(58(49)50)42-21-8-3-9-22-42/h1-38H. The molecule has 3 heteroatoms. The van der Waals surface area contributed by atoms with Gasteiger partial charge in [-0.25, -0.2) is 0 Å². The van der Waals surface area contributed by atoms with Gasteiger partial charge in [0, 0.05) is 49.7 Å². The van der Waals surface area contributed by atoms with Crippen LogP contribution in [0.15, 0.2) is 235 Å². The Hall–Kier alpha value is -8.14. The van der Waals surface area contributed by atoms with E-state index in [1.807, 2.05) is 0 Å². The van der Waals surface area contributed by atoms with E-state index < -0.39 is 0 Å². The number of hydrogen-bond acceptors (Lipinski definition) is 2. The number of para-hydroxylation sites is 4. The van der Waals surface area contributed by atoms with Crippen LogP contribution in [-0.2, 0) is 0 Å². The lowest BCUT2D eigenvalue weighted by atomic mass is 9.93. The maximum absolute atomic E-state index is 6.89. The van der Waals surface area contributed by atoms with Gasteiger partial charge in [0.1, 0.15) is 11.2 Å². The minimum absolute atomic E-state index is 0.855. The first kappa shape index (κ1) is 34.9. The Morgan fingerprint density at radius 3 is 1.72 bits per heavy atom. The van der Waals surface area contributed by atoms with E-state index in [9.17, 15) is 0 Å². The molecule has 286 valence electrons. The van der Waals surface area contributed by atoms with Crippen molar-refractivity contribution in [2.45, 2.75) is 0 Å². The van der Waals surface area contributed by atoms with Crippen LogP contribution in [0.2, 0.25) is 0 Å². The van der Waals surface area contributed by atoms with Gasteiger partial charge in [0.05, 0.1) is 16.7 Å². The Kier molecular flexibility index (Phi) is 8.17. The molecule has 61 heavy (non-hydrogen) atoms. The maximum Gasteiger partial charge on any atom is 0.136 e. The van der Waals surface area contributed by atoms with E-state index in [-0.39, 0.29) is 0 Å². The zero-order valence-electron chi connectivity index (χ0n) is 33.2. The third kappa shape index (κ3) is 5.74. The average molecular weight is 779 g/mol. The second-order valence-corrected chi connectivity index (χ2v) is 15.6. The molecule has 0 aliphatic rings. The Balaban J connectivity index is 1.08. The van der Waals surface area contributed by atoms with E-state index >= 15 is 0 Å². The van der Waals surface area contributed by atoms with Crippen molar-refractivity contribution in [3.05, 3.63) is 231 Å². The number of hydrogen-bond donors (Lipinski definition) is 0. The molecular formula is C58H38N2O. The van der Waals surface area contributed by atoms with Crippen molar-refractivity contribution in [1.29, 1.82) is 0 Å². The average Bonchev–Trinajstić information content (AvgIpc) is 3.88. The normalized spacial score (nSPS) is 11.6. The summed E-state index contributed by atoms with van der Waals surface area (Å²) in [6.07, 6.45) is 0. The molecule has 0 atom stereocenters. The predicted octanol–water partition coefficient (Wildman–Crippen LogP) is 16.3. The summed E-state index contributed by atoms with van der Waals surface area (Å²) in [4.78, 5) is 2.38. The van der Waals surface area contributed by atoms with Crippen molar-refractivity contribution in [1.82, 2.24) is 4.57 Å². The molecule has 0 radical (unpaired) electrons. The van der Waals surface area contributed by atoms with E-state index in [1.165, 1.54) is 49.4 Å². The van der Waals surface area contributed by atoms with E-state index in [1.54, 1.807) is 0 Å². The number of furan rings is 1. The Labute approximate surface area is 353 Å². The van der Waals surface area contributed by atoms with Crippen LogP contribution in [-0.4, -0.2) is 4.57 Å². The number of fused-ring (bicyclic) bond motifs is 8. The van der Waals surface area contributed by atoms with Gasteiger partial charge in [-0.2, -0.15) is 0 Å². The highest BCUT2D eigenvalue weighted by atomic mass is 16.3. The molecular weight excluding hydrogens is 741 g/mol. The minimum atomic E-state index is 0.855. The van der Waals surface area contributed by atoms with Crippen LogP contribution in [0.4, 0.5) is 17.1 Å². The number of benzene rings is 10. The van der Waals surface area contributed by atoms with E-state index in [0.717, 1.165) is 61.2 Å². The summed E-state index contributed by atoms with van der Waals surface area (Å²) in [7, 11) is 0. The second-order valence-electron chi connectivity index (χ2n) is 15.6. The lowest BCUT2D eigenvalue weighted by Gasteiger charge is -2.28. The fourth-order valence-electron chi connectivity index (χ4n) is 9.46. The highest BCUT2D eigenvalue weighted by Crippen LogP contribution is 2.47. The van der Waals surface area contributed by atoms with Crippen LogP contribution in [0.25, 0.3) is 93.6 Å². The molecule has 0 unspecified atom stereocenters. The smallest absolute Gasteiger partial charge is 0.136 e. The molecule has 0 aliphatic heterocycles. The van der Waals surface area contributed by atoms with Crippen LogP contribution in [0, 0.1) is 0 Å². The molecule has 12 rings (SSSR count). The van der Waals surface area contributed by atoms with Gasteiger partial charge >= 0.3 is 0 Å². The summed E-state index contributed by atoms with van der Waals surface area (Å²) in [6.45, 7) is 0. The molecule has 0 bridgehead atoms. The van der Waals surface area contributed by atoms with Crippen molar-refractivity contribution >= 4 is 71.6 Å². The molecule has 0 N–H and O–H groups in total. The van der Waals surface area contributed by atoms with Crippen LogP contribution < -0.4 is 4.90 Å². The second kappa shape index (κ2) is 14.3. The summed E-state index contributed by atoms with van der Waals surface area (Å²) in [5.41, 5.74) is 15.5. The zero-order chi connectivity index (χ0) is 40.3. The number of rotatable bonds is 7. The zero-order valence-corrected chi connectivity index (χ0v) is 33.2. The molecule has 0 saturated heterocycles. The lowest BCUT2D eigenvalue weighted by Crippen LogP contribution is -2.11. The van der Waals surface area contributed by atoms with Gasteiger partial charge in [0.15, 0.2) is 0 Å². The van der Waals surface area contributed by atoms with Crippen LogP contribution in [0.3, 0.4) is 0 Å². The fraction of sp³-hybridized carbons (Fsp3) is 0. The molecule has 0 spiro atoms. The molecule has 0 amide bonds. The third-order valence-corrected chi connectivity index (χ3v) is 12.2. The van der Waals surface area contributed by atoms with Crippen molar-refractivity contribution in [3.63, 3.8) is 0 Å². The summed E-state index contributed by atoms with van der Waals surface area (Å²) in [5, 5.41) is 7.00. The summed E-state index contributed by atoms with van der Waals surface area (Å²) in [6, 6.07) is 82.7. The first-order valence-electron chi connectivity index (χ1n) is 20.8. The monoisotopic (exact) mass is 778 g/mol. The first-order chi connectivity index (χ1) is 30.3. The van der Waals surface area contributed by atoms with Gasteiger partial charge in [-0.05, 0) is 93.7 Å². The van der Waals surface area contributed by atoms with Crippen LogP contribution in [0.1, 0.15) is 0 Å². The highest BCUT2D eigenvalue weighted by molar-refractivity contribution is 6.24. The molecule has 0 fully saturated rings. The molecule has 2 aromatic heterocycles. The van der Waals surface area contributed by atoms with Gasteiger partial charge in [-0.3, -0.25) is 0 Å². The molecule has 0 aliphatic carbocycles. The summed E-state index contributed by atoms with van der Waals surface area (Å²) < 4.78 is 9.30. The topological polar surface area (TPSA) is 21.3 Å². The Morgan fingerprint density at radius 1 is 0.344 bits per heavy atom. The largest absolute Gasteiger partial charge is 0.456 e. The molecule has 0 saturated carbocycles. The number of anilines is 3. The van der Waals surface area contributed by atoms with Gasteiger partial charge in [0.25, 0.3) is 0 Å². The SMILES string of the molecule is c1ccc(-c2ccc(N(c3ccc4oc5cc(-c6cccc7c8ccccc8n(-c8ccccc8)c67)c6ccccc6c5c4c3)c3ccccc3-c3ccccc3)cc2)cc1.